The molecule has 0 bridgehead atoms. The van der Waals surface area contributed by atoms with Crippen LogP contribution in [0, 0.1) is 25.6 Å². The molecule has 0 aliphatic carbocycles. The molecule has 1 aromatic carbocycles. The van der Waals surface area contributed by atoms with Gasteiger partial charge in [0.1, 0.15) is 10.7 Å². The molecule has 1 fully saturated rings. The summed E-state index contributed by atoms with van der Waals surface area (Å²) in [7, 11) is -1.90. The third kappa shape index (κ3) is 3.77. The van der Waals surface area contributed by atoms with E-state index in [0.717, 1.165) is 12.8 Å². The molecule has 1 atom stereocenters. The average Bonchev–Trinajstić information content (AvgIpc) is 3.26. The molecule has 1 saturated heterocycles. The minimum Gasteiger partial charge on any atom is -0.339 e. The molecule has 3 aromatic rings. The first-order valence-electron chi connectivity index (χ1n) is 9.85. The quantitative estimate of drug-likeness (QED) is 0.614. The van der Waals surface area contributed by atoms with Crippen LogP contribution in [0.2, 0.25) is 0 Å². The van der Waals surface area contributed by atoms with E-state index in [1.807, 2.05) is 0 Å². The van der Waals surface area contributed by atoms with Crippen molar-refractivity contribution in [3.05, 3.63) is 47.4 Å². The first kappa shape index (κ1) is 20.7. The molecule has 2 aromatic heterocycles. The Labute approximate surface area is 174 Å². The van der Waals surface area contributed by atoms with E-state index in [-0.39, 0.29) is 22.2 Å². The summed E-state index contributed by atoms with van der Waals surface area (Å²) in [6, 6.07) is 6.25. The van der Waals surface area contributed by atoms with Crippen molar-refractivity contribution in [2.75, 3.05) is 13.1 Å². The maximum atomic E-state index is 14.0. The number of sulfonamides is 1. The fraction of sp³-hybridized carbons (Fsp3) is 0.450. The van der Waals surface area contributed by atoms with Crippen molar-refractivity contribution in [1.29, 1.82) is 0 Å². The summed E-state index contributed by atoms with van der Waals surface area (Å²) >= 11 is 0. The van der Waals surface area contributed by atoms with E-state index >= 15 is 0 Å². The van der Waals surface area contributed by atoms with Crippen LogP contribution in [0.5, 0.6) is 0 Å². The molecular weight excluding hydrogens is 409 g/mol. The number of hydrogen-bond donors (Lipinski definition) is 0. The Hall–Kier alpha value is -2.59. The highest BCUT2D eigenvalue weighted by Gasteiger charge is 2.34. The second kappa shape index (κ2) is 7.92. The number of piperidine rings is 1. The molecule has 0 spiro atoms. The van der Waals surface area contributed by atoms with E-state index < -0.39 is 15.8 Å². The second-order valence-corrected chi connectivity index (χ2v) is 9.57. The predicted octanol–water partition coefficient (Wildman–Crippen LogP) is 2.87. The largest absolute Gasteiger partial charge is 0.339 e. The molecule has 1 aliphatic heterocycles. The van der Waals surface area contributed by atoms with Crippen molar-refractivity contribution in [1.82, 2.24) is 24.2 Å². The van der Waals surface area contributed by atoms with Gasteiger partial charge in [-0.15, -0.1) is 0 Å². The molecule has 8 nitrogen and oxygen atoms in total. The van der Waals surface area contributed by atoms with Gasteiger partial charge in [-0.25, -0.2) is 12.8 Å². The van der Waals surface area contributed by atoms with Crippen molar-refractivity contribution in [3.8, 4) is 11.4 Å². The zero-order valence-electron chi connectivity index (χ0n) is 17.2. The molecular formula is C20H24FN5O3S. The van der Waals surface area contributed by atoms with Gasteiger partial charge in [-0.05, 0) is 44.7 Å². The van der Waals surface area contributed by atoms with Gasteiger partial charge in [0, 0.05) is 26.6 Å². The van der Waals surface area contributed by atoms with Gasteiger partial charge in [-0.3, -0.25) is 4.68 Å². The number of benzene rings is 1. The summed E-state index contributed by atoms with van der Waals surface area (Å²) in [5, 5.41) is 8.13. The molecule has 30 heavy (non-hydrogen) atoms. The third-order valence-corrected chi connectivity index (χ3v) is 7.69. The zero-order valence-corrected chi connectivity index (χ0v) is 18.0. The minimum absolute atomic E-state index is 0.0414. The summed E-state index contributed by atoms with van der Waals surface area (Å²) < 4.78 is 48.9. The average molecular weight is 434 g/mol. The summed E-state index contributed by atoms with van der Waals surface area (Å²) in [5.74, 6) is 0.206. The van der Waals surface area contributed by atoms with E-state index in [0.29, 0.717) is 36.8 Å². The number of aryl methyl sites for hydroxylation is 2. The van der Waals surface area contributed by atoms with Crippen molar-refractivity contribution in [2.24, 2.45) is 13.0 Å². The van der Waals surface area contributed by atoms with Gasteiger partial charge in [-0.2, -0.15) is 14.4 Å². The third-order valence-electron chi connectivity index (χ3n) is 5.57. The molecule has 1 aliphatic rings. The first-order valence-corrected chi connectivity index (χ1v) is 11.3. The SMILES string of the molecule is Cc1nn(C)c(C)c1S(=O)(=O)N1CCC[C@@H](Cc2nc(-c3ccccc3F)no2)C1. The van der Waals surface area contributed by atoms with Crippen LogP contribution in [0.1, 0.15) is 30.1 Å². The van der Waals surface area contributed by atoms with Crippen molar-refractivity contribution in [3.63, 3.8) is 0 Å². The van der Waals surface area contributed by atoms with Crippen LogP contribution in [-0.4, -0.2) is 45.7 Å². The van der Waals surface area contributed by atoms with Crippen molar-refractivity contribution >= 4 is 10.0 Å². The molecule has 3 heterocycles. The minimum atomic E-state index is -3.64. The highest BCUT2D eigenvalue weighted by Crippen LogP contribution is 2.29. The van der Waals surface area contributed by atoms with E-state index in [9.17, 15) is 12.8 Å². The van der Waals surface area contributed by atoms with Crippen LogP contribution in [0.3, 0.4) is 0 Å². The molecule has 0 saturated carbocycles. The predicted molar refractivity (Wildman–Crippen MR) is 108 cm³/mol. The van der Waals surface area contributed by atoms with Crippen LogP contribution in [0.4, 0.5) is 4.39 Å². The fourth-order valence-electron chi connectivity index (χ4n) is 4.01. The van der Waals surface area contributed by atoms with Gasteiger partial charge in [0.05, 0.1) is 17.0 Å². The van der Waals surface area contributed by atoms with Crippen LogP contribution >= 0.6 is 0 Å². The summed E-state index contributed by atoms with van der Waals surface area (Å²) in [4.78, 5) is 4.60. The van der Waals surface area contributed by atoms with Crippen molar-refractivity contribution in [2.45, 2.75) is 38.0 Å². The number of rotatable bonds is 5. The number of aromatic nitrogens is 4. The Bertz CT molecular complexity index is 1170. The Morgan fingerprint density at radius 1 is 1.27 bits per heavy atom. The summed E-state index contributed by atoms with van der Waals surface area (Å²) in [5.41, 5.74) is 1.41. The van der Waals surface area contributed by atoms with Gasteiger partial charge in [0.15, 0.2) is 0 Å². The molecule has 10 heteroatoms. The van der Waals surface area contributed by atoms with Crippen LogP contribution < -0.4 is 0 Å². The van der Waals surface area contributed by atoms with E-state index in [2.05, 4.69) is 15.2 Å². The fourth-order valence-corrected chi connectivity index (χ4v) is 5.96. The smallest absolute Gasteiger partial charge is 0.246 e. The Morgan fingerprint density at radius 2 is 2.03 bits per heavy atom. The van der Waals surface area contributed by atoms with Crippen LogP contribution in [0.15, 0.2) is 33.7 Å². The highest BCUT2D eigenvalue weighted by molar-refractivity contribution is 7.89. The standard InChI is InChI=1S/C20H24FN5O3S/c1-13-19(14(2)25(3)23-13)30(27,28)26-10-6-7-15(12-26)11-18-22-20(24-29-18)16-8-4-5-9-17(16)21/h4-5,8-9,15H,6-7,10-12H2,1-3H3/t15-/m0/s1. The number of nitrogens with zero attached hydrogens (tertiary/aromatic N) is 5. The molecule has 0 unspecified atom stereocenters. The highest BCUT2D eigenvalue weighted by atomic mass is 32.2. The summed E-state index contributed by atoms with van der Waals surface area (Å²) in [6.45, 7) is 4.31. The molecule has 0 amide bonds. The van der Waals surface area contributed by atoms with E-state index in [4.69, 9.17) is 4.52 Å². The Balaban J connectivity index is 1.51. The van der Waals surface area contributed by atoms with E-state index in [1.54, 1.807) is 43.8 Å². The van der Waals surface area contributed by atoms with Gasteiger partial charge < -0.3 is 4.52 Å². The maximum absolute atomic E-state index is 14.0. The topological polar surface area (TPSA) is 94.1 Å². The number of halogens is 1. The zero-order chi connectivity index (χ0) is 21.5. The second-order valence-electron chi connectivity index (χ2n) is 7.69. The Morgan fingerprint density at radius 3 is 2.73 bits per heavy atom. The lowest BCUT2D eigenvalue weighted by Gasteiger charge is -2.31. The molecule has 160 valence electrons. The Kier molecular flexibility index (Phi) is 5.46. The molecule has 4 rings (SSSR count). The molecule has 0 N–H and O–H groups in total. The van der Waals surface area contributed by atoms with E-state index in [1.165, 1.54) is 10.4 Å². The normalized spacial score (nSPS) is 18.1. The lowest BCUT2D eigenvalue weighted by atomic mass is 9.96. The summed E-state index contributed by atoms with van der Waals surface area (Å²) in [6.07, 6.45) is 2.05. The van der Waals surface area contributed by atoms with Gasteiger partial charge in [-0.1, -0.05) is 17.3 Å². The van der Waals surface area contributed by atoms with Gasteiger partial charge in [0.2, 0.25) is 21.7 Å². The monoisotopic (exact) mass is 433 g/mol. The lowest BCUT2D eigenvalue weighted by molar-refractivity contribution is 0.247. The van der Waals surface area contributed by atoms with Crippen molar-refractivity contribution < 1.29 is 17.3 Å². The lowest BCUT2D eigenvalue weighted by Crippen LogP contribution is -2.40. The maximum Gasteiger partial charge on any atom is 0.246 e. The molecule has 0 radical (unpaired) electrons. The number of hydrogen-bond acceptors (Lipinski definition) is 6. The van der Waals surface area contributed by atoms with Gasteiger partial charge in [0.25, 0.3) is 0 Å². The van der Waals surface area contributed by atoms with Crippen LogP contribution in [0.25, 0.3) is 11.4 Å². The first-order chi connectivity index (χ1) is 14.3. The van der Waals surface area contributed by atoms with Gasteiger partial charge >= 0.3 is 0 Å². The van der Waals surface area contributed by atoms with Crippen LogP contribution in [-0.2, 0) is 23.5 Å².